The van der Waals surface area contributed by atoms with E-state index in [0.717, 1.165) is 27.8 Å². The summed E-state index contributed by atoms with van der Waals surface area (Å²) >= 11 is 1.77. The van der Waals surface area contributed by atoms with E-state index in [1.165, 1.54) is 14.8 Å². The van der Waals surface area contributed by atoms with Crippen molar-refractivity contribution in [1.29, 1.82) is 0 Å². The largest absolute Gasteiger partial charge is 0.245 e. The molecule has 0 amide bonds. The maximum Gasteiger partial charge on any atom is 0.116 e. The van der Waals surface area contributed by atoms with Crippen molar-refractivity contribution in [3.63, 3.8) is 0 Å². The third-order valence-corrected chi connectivity index (χ3v) is 5.13. The van der Waals surface area contributed by atoms with Crippen LogP contribution in [0.5, 0.6) is 0 Å². The SMILES string of the molecule is c1ccc2c(-c3ccc4sc5ccccc5c4n3)ncnc2c1. The predicted molar refractivity (Wildman–Crippen MR) is 95.7 cm³/mol. The number of fused-ring (bicyclic) bond motifs is 4. The third-order valence-electron chi connectivity index (χ3n) is 4.01. The van der Waals surface area contributed by atoms with Crippen molar-refractivity contribution >= 4 is 42.5 Å². The van der Waals surface area contributed by atoms with E-state index in [-0.39, 0.29) is 0 Å². The number of pyridine rings is 1. The molecular weight excluding hydrogens is 302 g/mol. The minimum absolute atomic E-state index is 0.882. The summed E-state index contributed by atoms with van der Waals surface area (Å²) in [7, 11) is 0. The highest BCUT2D eigenvalue weighted by molar-refractivity contribution is 7.25. The fourth-order valence-corrected chi connectivity index (χ4v) is 3.98. The number of para-hydroxylation sites is 1. The van der Waals surface area contributed by atoms with E-state index in [4.69, 9.17) is 4.98 Å². The van der Waals surface area contributed by atoms with Gasteiger partial charge in [0.2, 0.25) is 0 Å². The monoisotopic (exact) mass is 313 g/mol. The number of benzene rings is 2. The van der Waals surface area contributed by atoms with Crippen molar-refractivity contribution in [2.24, 2.45) is 0 Å². The molecule has 0 unspecified atom stereocenters. The Morgan fingerprint density at radius 2 is 1.52 bits per heavy atom. The summed E-state index contributed by atoms with van der Waals surface area (Å²) in [6.45, 7) is 0. The van der Waals surface area contributed by atoms with Gasteiger partial charge in [0.05, 0.1) is 27.1 Å². The summed E-state index contributed by atoms with van der Waals surface area (Å²) in [6.07, 6.45) is 1.61. The summed E-state index contributed by atoms with van der Waals surface area (Å²) in [6, 6.07) is 20.6. The smallest absolute Gasteiger partial charge is 0.116 e. The molecule has 3 aromatic heterocycles. The Morgan fingerprint density at radius 3 is 2.48 bits per heavy atom. The van der Waals surface area contributed by atoms with Crippen LogP contribution in [0.1, 0.15) is 0 Å². The van der Waals surface area contributed by atoms with Gasteiger partial charge in [-0.05, 0) is 24.3 Å². The van der Waals surface area contributed by atoms with Gasteiger partial charge in [0.25, 0.3) is 0 Å². The molecule has 0 fully saturated rings. The molecular formula is C19H11N3S. The molecule has 0 aliphatic rings. The van der Waals surface area contributed by atoms with Crippen LogP contribution in [0.2, 0.25) is 0 Å². The molecule has 0 aliphatic carbocycles. The van der Waals surface area contributed by atoms with Gasteiger partial charge >= 0.3 is 0 Å². The summed E-state index contributed by atoms with van der Waals surface area (Å²) in [5.74, 6) is 0. The second-order valence-corrected chi connectivity index (χ2v) is 6.46. The molecule has 0 aliphatic heterocycles. The van der Waals surface area contributed by atoms with Gasteiger partial charge in [0.1, 0.15) is 6.33 Å². The molecule has 0 saturated heterocycles. The molecule has 23 heavy (non-hydrogen) atoms. The topological polar surface area (TPSA) is 38.7 Å². The zero-order chi connectivity index (χ0) is 15.2. The summed E-state index contributed by atoms with van der Waals surface area (Å²) in [5, 5.41) is 2.23. The molecule has 2 aromatic carbocycles. The number of rotatable bonds is 1. The minimum atomic E-state index is 0.882. The van der Waals surface area contributed by atoms with Gasteiger partial charge in [-0.1, -0.05) is 36.4 Å². The maximum absolute atomic E-state index is 4.90. The number of aromatic nitrogens is 3. The van der Waals surface area contributed by atoms with Crippen molar-refractivity contribution in [2.45, 2.75) is 0 Å². The molecule has 0 atom stereocenters. The predicted octanol–water partition coefficient (Wildman–Crippen LogP) is 5.06. The minimum Gasteiger partial charge on any atom is -0.245 e. The van der Waals surface area contributed by atoms with E-state index in [9.17, 15) is 0 Å². The quantitative estimate of drug-likeness (QED) is 0.434. The van der Waals surface area contributed by atoms with Crippen molar-refractivity contribution in [1.82, 2.24) is 15.0 Å². The maximum atomic E-state index is 4.90. The van der Waals surface area contributed by atoms with Gasteiger partial charge in [-0.3, -0.25) is 0 Å². The van der Waals surface area contributed by atoms with Gasteiger partial charge in [0.15, 0.2) is 0 Å². The molecule has 108 valence electrons. The van der Waals surface area contributed by atoms with Crippen LogP contribution in [-0.4, -0.2) is 15.0 Å². The Morgan fingerprint density at radius 1 is 0.696 bits per heavy atom. The Kier molecular flexibility index (Phi) is 2.66. The first-order valence-corrected chi connectivity index (χ1v) is 8.20. The van der Waals surface area contributed by atoms with E-state index in [1.54, 1.807) is 17.7 Å². The van der Waals surface area contributed by atoms with Crippen LogP contribution in [0.4, 0.5) is 0 Å². The first-order valence-electron chi connectivity index (χ1n) is 7.38. The molecule has 3 heterocycles. The first kappa shape index (κ1) is 12.7. The molecule has 0 saturated carbocycles. The Hall–Kier alpha value is -2.85. The standard InChI is InChI=1S/C19H11N3S/c1-3-7-14-12(5-1)18(21-11-20-14)15-9-10-17-19(22-15)13-6-2-4-8-16(13)23-17/h1-11H. The van der Waals surface area contributed by atoms with Crippen LogP contribution < -0.4 is 0 Å². The molecule has 5 aromatic rings. The molecule has 4 heteroatoms. The molecule has 0 spiro atoms. The summed E-state index contributed by atoms with van der Waals surface area (Å²) in [4.78, 5) is 13.7. The highest BCUT2D eigenvalue weighted by Gasteiger charge is 2.11. The van der Waals surface area contributed by atoms with E-state index in [2.05, 4.69) is 40.3 Å². The Balaban J connectivity index is 1.84. The highest BCUT2D eigenvalue weighted by Crippen LogP contribution is 2.34. The van der Waals surface area contributed by atoms with Crippen molar-refractivity contribution in [2.75, 3.05) is 0 Å². The second-order valence-electron chi connectivity index (χ2n) is 5.38. The number of nitrogens with zero attached hydrogens (tertiary/aromatic N) is 3. The van der Waals surface area contributed by atoms with Gasteiger partial charge in [0, 0.05) is 15.5 Å². The molecule has 0 radical (unpaired) electrons. The van der Waals surface area contributed by atoms with E-state index < -0.39 is 0 Å². The average Bonchev–Trinajstić information content (AvgIpc) is 2.99. The normalized spacial score (nSPS) is 11.5. The van der Waals surface area contributed by atoms with Gasteiger partial charge < -0.3 is 0 Å². The highest BCUT2D eigenvalue weighted by atomic mass is 32.1. The van der Waals surface area contributed by atoms with Crippen LogP contribution in [-0.2, 0) is 0 Å². The molecule has 3 nitrogen and oxygen atoms in total. The van der Waals surface area contributed by atoms with E-state index >= 15 is 0 Å². The number of hydrogen-bond acceptors (Lipinski definition) is 4. The lowest BCUT2D eigenvalue weighted by Crippen LogP contribution is -1.91. The fourth-order valence-electron chi connectivity index (χ4n) is 2.93. The van der Waals surface area contributed by atoms with Crippen molar-refractivity contribution in [3.05, 3.63) is 67.0 Å². The van der Waals surface area contributed by atoms with Gasteiger partial charge in [-0.2, -0.15) is 0 Å². The lowest BCUT2D eigenvalue weighted by Gasteiger charge is -2.04. The zero-order valence-electron chi connectivity index (χ0n) is 12.1. The summed E-state index contributed by atoms with van der Waals surface area (Å²) in [5.41, 5.74) is 3.76. The third kappa shape index (κ3) is 1.92. The lowest BCUT2D eigenvalue weighted by atomic mass is 10.1. The van der Waals surface area contributed by atoms with Crippen LogP contribution in [0.15, 0.2) is 67.0 Å². The first-order chi connectivity index (χ1) is 11.4. The van der Waals surface area contributed by atoms with E-state index in [1.807, 2.05) is 30.3 Å². The zero-order valence-corrected chi connectivity index (χ0v) is 12.9. The van der Waals surface area contributed by atoms with Crippen LogP contribution in [0.25, 0.3) is 42.6 Å². The lowest BCUT2D eigenvalue weighted by molar-refractivity contribution is 1.21. The van der Waals surface area contributed by atoms with Crippen molar-refractivity contribution < 1.29 is 0 Å². The number of hydrogen-bond donors (Lipinski definition) is 0. The summed E-state index contributed by atoms with van der Waals surface area (Å²) < 4.78 is 2.47. The second kappa shape index (κ2) is 4.83. The van der Waals surface area contributed by atoms with Crippen molar-refractivity contribution in [3.8, 4) is 11.4 Å². The molecule has 0 N–H and O–H groups in total. The molecule has 0 bridgehead atoms. The Bertz CT molecular complexity index is 1170. The Labute approximate surface area is 136 Å². The molecule has 5 rings (SSSR count). The van der Waals surface area contributed by atoms with Crippen LogP contribution >= 0.6 is 11.3 Å². The fraction of sp³-hybridized carbons (Fsp3) is 0. The van der Waals surface area contributed by atoms with E-state index in [0.29, 0.717) is 0 Å². The average molecular weight is 313 g/mol. The van der Waals surface area contributed by atoms with Crippen LogP contribution in [0.3, 0.4) is 0 Å². The van der Waals surface area contributed by atoms with Gasteiger partial charge in [-0.15, -0.1) is 11.3 Å². The number of thiophene rings is 1. The van der Waals surface area contributed by atoms with Gasteiger partial charge in [-0.25, -0.2) is 15.0 Å². The van der Waals surface area contributed by atoms with Crippen LogP contribution in [0, 0.1) is 0 Å².